The van der Waals surface area contributed by atoms with Crippen LogP contribution in [0.25, 0.3) is 21.8 Å². The zero-order valence-electron chi connectivity index (χ0n) is 20.2. The zero-order chi connectivity index (χ0) is 28.9. The third-order valence-corrected chi connectivity index (χ3v) is 8.18. The summed E-state index contributed by atoms with van der Waals surface area (Å²) in [5, 5.41) is 64.5. The molecule has 8 atom stereocenters. The average Bonchev–Trinajstić information content (AvgIpc) is 3.71. The summed E-state index contributed by atoms with van der Waals surface area (Å²) in [6.45, 7) is -0.973. The van der Waals surface area contributed by atoms with Crippen molar-refractivity contribution in [1.82, 2.24) is 19.1 Å². The van der Waals surface area contributed by atoms with Gasteiger partial charge in [-0.1, -0.05) is 0 Å². The number of H-pyrrole nitrogens is 2. The van der Waals surface area contributed by atoms with E-state index in [1.807, 2.05) is 0 Å². The van der Waals surface area contributed by atoms with Crippen molar-refractivity contribution < 1.29 is 40.1 Å². The summed E-state index contributed by atoms with van der Waals surface area (Å²) in [7, 11) is 0. The normalized spacial score (nSPS) is 30.1. The van der Waals surface area contributed by atoms with Crippen molar-refractivity contribution in [2.75, 3.05) is 13.2 Å². The van der Waals surface area contributed by atoms with Crippen molar-refractivity contribution in [1.29, 1.82) is 0 Å². The lowest BCUT2D eigenvalue weighted by Gasteiger charge is -2.18. The Morgan fingerprint density at radius 3 is 1.35 bits per heavy atom. The van der Waals surface area contributed by atoms with Crippen LogP contribution in [0.15, 0.2) is 40.7 Å². The first-order valence-corrected chi connectivity index (χ1v) is 13.6. The van der Waals surface area contributed by atoms with Crippen LogP contribution in [0.1, 0.15) is 12.5 Å². The van der Waals surface area contributed by atoms with E-state index in [-0.39, 0.29) is 0 Å². The maximum absolute atomic E-state index is 12.0. The van der Waals surface area contributed by atoms with Crippen LogP contribution >= 0.6 is 22.7 Å². The highest BCUT2D eigenvalue weighted by Gasteiger charge is 2.45. The number of hydrogen-bond acceptors (Lipinski definition) is 14. The first-order valence-electron chi connectivity index (χ1n) is 11.7. The third kappa shape index (κ3) is 4.67. The second-order valence-corrected chi connectivity index (χ2v) is 10.5. The van der Waals surface area contributed by atoms with Crippen LogP contribution in [0, 0.1) is 0 Å². The molecule has 0 spiro atoms. The highest BCUT2D eigenvalue weighted by molar-refractivity contribution is 7.09. The summed E-state index contributed by atoms with van der Waals surface area (Å²) < 4.78 is 12.8. The summed E-state index contributed by atoms with van der Waals surface area (Å²) in [4.78, 5) is 51.5. The summed E-state index contributed by atoms with van der Waals surface area (Å²) in [6, 6.07) is 0. The molecule has 0 aromatic carbocycles. The maximum atomic E-state index is 12.0. The van der Waals surface area contributed by atoms with Crippen molar-refractivity contribution in [3.63, 3.8) is 0 Å². The molecule has 0 amide bonds. The minimum Gasteiger partial charge on any atom is -0.394 e. The molecular weight excluding hydrogens is 576 g/mol. The number of aromatic amines is 2. The molecule has 0 radical (unpaired) electrons. The van der Waals surface area contributed by atoms with Gasteiger partial charge >= 0.3 is 11.4 Å². The van der Waals surface area contributed by atoms with Gasteiger partial charge in [-0.05, 0) is 0 Å². The van der Waals surface area contributed by atoms with E-state index in [4.69, 9.17) is 19.7 Å². The summed E-state index contributed by atoms with van der Waals surface area (Å²) in [6.07, 6.45) is -9.66. The predicted octanol–water partition coefficient (Wildman–Crippen LogP) is -3.27. The monoisotopic (exact) mass is 600 g/mol. The van der Waals surface area contributed by atoms with Gasteiger partial charge in [-0.15, -0.1) is 22.7 Å². The molecule has 8 N–H and O–H groups in total. The molecule has 16 nitrogen and oxygen atoms in total. The Labute approximate surface area is 229 Å². The molecule has 0 saturated carbocycles. The molecule has 0 bridgehead atoms. The van der Waals surface area contributed by atoms with E-state index >= 15 is 0 Å². The van der Waals surface area contributed by atoms with Gasteiger partial charge in [0, 0.05) is 21.5 Å². The lowest BCUT2D eigenvalue weighted by atomic mass is 10.1. The van der Waals surface area contributed by atoms with Crippen LogP contribution in [-0.2, 0) is 9.47 Å². The highest BCUT2D eigenvalue weighted by atomic mass is 32.1. The molecule has 6 heterocycles. The number of rotatable bonds is 4. The fourth-order valence-corrected chi connectivity index (χ4v) is 6.26. The second kappa shape index (κ2) is 11.1. The predicted molar refractivity (Wildman–Crippen MR) is 139 cm³/mol. The van der Waals surface area contributed by atoms with Crippen molar-refractivity contribution in [3.05, 3.63) is 63.2 Å². The van der Waals surface area contributed by atoms with Gasteiger partial charge in [-0.25, -0.2) is 9.59 Å². The number of nitrogens with one attached hydrogen (secondary N) is 2. The topological polar surface area (TPSA) is 250 Å². The van der Waals surface area contributed by atoms with Crippen molar-refractivity contribution in [2.24, 2.45) is 0 Å². The van der Waals surface area contributed by atoms with Crippen molar-refractivity contribution in [2.45, 2.75) is 49.1 Å². The number of thiophene rings is 2. The summed E-state index contributed by atoms with van der Waals surface area (Å²) >= 11 is 2.46. The van der Waals surface area contributed by atoms with E-state index in [1.165, 1.54) is 22.7 Å². The number of nitrogens with zero attached hydrogens (tertiary/aromatic N) is 2. The Morgan fingerprint density at radius 2 is 1.02 bits per heavy atom. The van der Waals surface area contributed by atoms with Crippen LogP contribution in [0.3, 0.4) is 0 Å². The highest BCUT2D eigenvalue weighted by Crippen LogP contribution is 2.31. The fourth-order valence-electron chi connectivity index (χ4n) is 4.65. The number of hydrogen-bond donors (Lipinski definition) is 8. The van der Waals surface area contributed by atoms with Gasteiger partial charge in [0.2, 0.25) is 0 Å². The van der Waals surface area contributed by atoms with E-state index in [1.54, 1.807) is 21.5 Å². The number of aromatic nitrogens is 4. The van der Waals surface area contributed by atoms with Gasteiger partial charge in [0.1, 0.15) is 36.6 Å². The Balaban J connectivity index is 0.000000161. The zero-order valence-corrected chi connectivity index (χ0v) is 21.8. The van der Waals surface area contributed by atoms with Crippen LogP contribution in [0.2, 0.25) is 0 Å². The molecule has 4 aromatic heterocycles. The Hall–Kier alpha value is -3.04. The Morgan fingerprint density at radius 1 is 0.650 bits per heavy atom. The standard InChI is InChI=1S/2C11H12N2O6S/c2*14-1-6-7(15)8(16)10(19-6)13-5-3-20-2-4(5)9(17)12-11(13)18/h2*2-3,6-8,10,14-16H,1H2,(H,12,17,18)/t2*6-,7-,8-,10-/m11/s1. The van der Waals surface area contributed by atoms with E-state index in [9.17, 15) is 39.6 Å². The SMILES string of the molecule is O=c1[nH]c(=O)n([C@@H]2O[C@H](CO)[C@@H](O)[C@H]2O)c2cscc12.O=c1[nH]c(=O)n([C@@H]2O[C@H](CO)[C@@H](O)[C@H]2O)c2cscc12. The van der Waals surface area contributed by atoms with Gasteiger partial charge in [-0.2, -0.15) is 0 Å². The number of ether oxygens (including phenoxy) is 2. The minimum atomic E-state index is -1.38. The quantitative estimate of drug-likeness (QED) is 0.115. The molecule has 6 rings (SSSR count). The molecule has 2 aliphatic rings. The molecule has 18 heteroatoms. The molecule has 4 aromatic rings. The molecule has 2 fully saturated rings. The van der Waals surface area contributed by atoms with Gasteiger partial charge in [0.15, 0.2) is 12.5 Å². The van der Waals surface area contributed by atoms with Crippen molar-refractivity contribution in [3.8, 4) is 0 Å². The van der Waals surface area contributed by atoms with Gasteiger partial charge in [0.25, 0.3) is 11.1 Å². The van der Waals surface area contributed by atoms with Crippen LogP contribution in [0.5, 0.6) is 0 Å². The minimum absolute atomic E-state index is 0.298. The maximum Gasteiger partial charge on any atom is 0.331 e. The lowest BCUT2D eigenvalue weighted by Crippen LogP contribution is -2.38. The van der Waals surface area contributed by atoms with E-state index in [0.717, 1.165) is 9.13 Å². The number of aliphatic hydroxyl groups is 6. The number of aliphatic hydroxyl groups excluding tert-OH is 6. The van der Waals surface area contributed by atoms with Crippen LogP contribution in [-0.4, -0.2) is 99.6 Å². The lowest BCUT2D eigenvalue weighted by molar-refractivity contribution is -0.0527. The molecule has 216 valence electrons. The first-order chi connectivity index (χ1) is 19.1. The number of fused-ring (bicyclic) bond motifs is 2. The molecule has 40 heavy (non-hydrogen) atoms. The van der Waals surface area contributed by atoms with E-state index in [0.29, 0.717) is 21.8 Å². The Kier molecular flexibility index (Phi) is 7.90. The molecular formula is C22H24N4O12S2. The molecule has 2 saturated heterocycles. The largest absolute Gasteiger partial charge is 0.394 e. The molecule has 0 unspecified atom stereocenters. The van der Waals surface area contributed by atoms with E-state index in [2.05, 4.69) is 9.97 Å². The molecule has 2 aliphatic heterocycles. The van der Waals surface area contributed by atoms with Gasteiger partial charge in [0.05, 0.1) is 35.0 Å². The van der Waals surface area contributed by atoms with Gasteiger partial charge < -0.3 is 40.1 Å². The van der Waals surface area contributed by atoms with Crippen LogP contribution in [0.4, 0.5) is 0 Å². The summed E-state index contributed by atoms with van der Waals surface area (Å²) in [5.41, 5.74) is -1.88. The second-order valence-electron chi connectivity index (χ2n) is 9.06. The third-order valence-electron chi connectivity index (χ3n) is 6.71. The summed E-state index contributed by atoms with van der Waals surface area (Å²) in [5.74, 6) is 0. The smallest absolute Gasteiger partial charge is 0.331 e. The fraction of sp³-hybridized carbons (Fsp3) is 0.455. The average molecular weight is 601 g/mol. The van der Waals surface area contributed by atoms with Gasteiger partial charge in [-0.3, -0.25) is 28.7 Å². The Bertz CT molecular complexity index is 1630. The van der Waals surface area contributed by atoms with Crippen molar-refractivity contribution >= 4 is 44.5 Å². The first kappa shape index (κ1) is 28.5. The van der Waals surface area contributed by atoms with Crippen LogP contribution < -0.4 is 22.5 Å². The molecule has 0 aliphatic carbocycles. The van der Waals surface area contributed by atoms with E-state index < -0.39 is 84.8 Å².